The summed E-state index contributed by atoms with van der Waals surface area (Å²) in [6, 6.07) is 14.4. The zero-order chi connectivity index (χ0) is 13.9. The van der Waals surface area contributed by atoms with Crippen molar-refractivity contribution in [2.75, 3.05) is 6.54 Å². The second-order valence-corrected chi connectivity index (χ2v) is 5.81. The van der Waals surface area contributed by atoms with Crippen LogP contribution in [0.3, 0.4) is 0 Å². The summed E-state index contributed by atoms with van der Waals surface area (Å²) in [4.78, 5) is 0.140. The fraction of sp³-hybridized carbons (Fsp3) is 0.143. The topological polar surface area (TPSA) is 86.2 Å². The highest BCUT2D eigenvalue weighted by atomic mass is 32.2. The van der Waals surface area contributed by atoms with Gasteiger partial charge in [-0.15, -0.1) is 0 Å². The van der Waals surface area contributed by atoms with Gasteiger partial charge in [-0.3, -0.25) is 0 Å². The minimum atomic E-state index is -3.72. The van der Waals surface area contributed by atoms with Crippen LogP contribution in [0.2, 0.25) is 0 Å². The predicted octanol–water partition coefficient (Wildman–Crippen LogP) is 1.50. The van der Waals surface area contributed by atoms with Gasteiger partial charge in [0.2, 0.25) is 10.0 Å². The van der Waals surface area contributed by atoms with Gasteiger partial charge in [0, 0.05) is 5.56 Å². The van der Waals surface area contributed by atoms with E-state index in [1.54, 1.807) is 18.2 Å². The van der Waals surface area contributed by atoms with E-state index in [4.69, 9.17) is 10.9 Å². The average molecular weight is 276 g/mol. The standard InChI is InChI=1S/C14H16N2O2S/c15-10-9-11-5-7-12(8-6-11)13-3-1-2-4-14(13)19(16,17)18/h1-8H,9-10,15H2,(H2,16,17,18). The van der Waals surface area contributed by atoms with Crippen LogP contribution in [0, 0.1) is 0 Å². The summed E-state index contributed by atoms with van der Waals surface area (Å²) in [5, 5.41) is 5.23. The number of hydrogen-bond acceptors (Lipinski definition) is 3. The molecular formula is C14H16N2O2S. The molecule has 0 heterocycles. The Morgan fingerprint density at radius 2 is 1.58 bits per heavy atom. The minimum Gasteiger partial charge on any atom is -0.330 e. The maximum Gasteiger partial charge on any atom is 0.238 e. The van der Waals surface area contributed by atoms with Crippen molar-refractivity contribution < 1.29 is 8.42 Å². The number of sulfonamides is 1. The lowest BCUT2D eigenvalue weighted by atomic mass is 10.0. The third kappa shape index (κ3) is 3.20. The minimum absolute atomic E-state index is 0.140. The smallest absolute Gasteiger partial charge is 0.238 e. The molecule has 0 unspecified atom stereocenters. The Kier molecular flexibility index (Phi) is 3.99. The lowest BCUT2D eigenvalue weighted by molar-refractivity contribution is 0.598. The molecule has 4 N–H and O–H groups in total. The molecule has 2 aromatic rings. The molecule has 0 saturated heterocycles. The number of rotatable bonds is 4. The van der Waals surface area contributed by atoms with Crippen LogP contribution in [0.1, 0.15) is 5.56 Å². The molecule has 100 valence electrons. The third-order valence-electron chi connectivity index (χ3n) is 2.89. The molecule has 0 atom stereocenters. The molecule has 0 fully saturated rings. The summed E-state index contributed by atoms with van der Waals surface area (Å²) >= 11 is 0. The number of primary sulfonamides is 1. The van der Waals surface area contributed by atoms with Gasteiger partial charge in [-0.05, 0) is 30.2 Å². The molecule has 0 aromatic heterocycles. The largest absolute Gasteiger partial charge is 0.330 e. The number of benzene rings is 2. The van der Waals surface area contributed by atoms with Gasteiger partial charge in [0.1, 0.15) is 0 Å². The Hall–Kier alpha value is -1.69. The quantitative estimate of drug-likeness (QED) is 0.887. The van der Waals surface area contributed by atoms with E-state index in [-0.39, 0.29) is 4.90 Å². The summed E-state index contributed by atoms with van der Waals surface area (Å²) in [7, 11) is -3.72. The van der Waals surface area contributed by atoms with Crippen molar-refractivity contribution in [3.8, 4) is 11.1 Å². The first-order valence-corrected chi connectivity index (χ1v) is 7.48. The molecule has 5 heteroatoms. The molecule has 2 aromatic carbocycles. The van der Waals surface area contributed by atoms with Gasteiger partial charge in [-0.25, -0.2) is 13.6 Å². The van der Waals surface area contributed by atoms with Crippen LogP contribution in [0.15, 0.2) is 53.4 Å². The normalized spacial score (nSPS) is 11.5. The fourth-order valence-electron chi connectivity index (χ4n) is 1.97. The van der Waals surface area contributed by atoms with Crippen molar-refractivity contribution in [3.63, 3.8) is 0 Å². The van der Waals surface area contributed by atoms with Gasteiger partial charge in [0.15, 0.2) is 0 Å². The first-order chi connectivity index (χ1) is 9.02. The molecular weight excluding hydrogens is 260 g/mol. The van der Waals surface area contributed by atoms with Gasteiger partial charge in [0.05, 0.1) is 4.90 Å². The second kappa shape index (κ2) is 5.52. The van der Waals surface area contributed by atoms with Crippen LogP contribution < -0.4 is 10.9 Å². The zero-order valence-corrected chi connectivity index (χ0v) is 11.2. The van der Waals surface area contributed by atoms with E-state index in [1.807, 2.05) is 24.3 Å². The molecule has 19 heavy (non-hydrogen) atoms. The van der Waals surface area contributed by atoms with Crippen LogP contribution in [0.5, 0.6) is 0 Å². The maximum atomic E-state index is 11.6. The predicted molar refractivity (Wildman–Crippen MR) is 76.0 cm³/mol. The molecule has 0 aliphatic rings. The lowest BCUT2D eigenvalue weighted by Gasteiger charge is -2.08. The first kappa shape index (κ1) is 13.7. The molecule has 0 amide bonds. The zero-order valence-electron chi connectivity index (χ0n) is 10.4. The summed E-state index contributed by atoms with van der Waals surface area (Å²) in [5.74, 6) is 0. The Morgan fingerprint density at radius 3 is 2.16 bits per heavy atom. The molecule has 0 aliphatic carbocycles. The summed E-state index contributed by atoms with van der Waals surface area (Å²) in [6.45, 7) is 0.590. The van der Waals surface area contributed by atoms with Crippen LogP contribution in [-0.2, 0) is 16.4 Å². The van der Waals surface area contributed by atoms with E-state index in [9.17, 15) is 8.42 Å². The molecule has 0 spiro atoms. The molecule has 0 bridgehead atoms. The van der Waals surface area contributed by atoms with E-state index in [0.717, 1.165) is 17.5 Å². The Morgan fingerprint density at radius 1 is 0.947 bits per heavy atom. The van der Waals surface area contributed by atoms with Crippen molar-refractivity contribution in [1.29, 1.82) is 0 Å². The maximum absolute atomic E-state index is 11.6. The van der Waals surface area contributed by atoms with Gasteiger partial charge < -0.3 is 5.73 Å². The molecule has 4 nitrogen and oxygen atoms in total. The summed E-state index contributed by atoms with van der Waals surface area (Å²) < 4.78 is 23.1. The average Bonchev–Trinajstić information content (AvgIpc) is 2.39. The Balaban J connectivity index is 2.48. The first-order valence-electron chi connectivity index (χ1n) is 5.93. The van der Waals surface area contributed by atoms with Gasteiger partial charge >= 0.3 is 0 Å². The van der Waals surface area contributed by atoms with E-state index in [0.29, 0.717) is 12.1 Å². The van der Waals surface area contributed by atoms with E-state index < -0.39 is 10.0 Å². The van der Waals surface area contributed by atoms with Crippen molar-refractivity contribution in [3.05, 3.63) is 54.1 Å². The fourth-order valence-corrected chi connectivity index (χ4v) is 2.73. The highest BCUT2D eigenvalue weighted by Gasteiger charge is 2.14. The highest BCUT2D eigenvalue weighted by Crippen LogP contribution is 2.26. The van der Waals surface area contributed by atoms with Gasteiger partial charge in [0.25, 0.3) is 0 Å². The SMILES string of the molecule is NCCc1ccc(-c2ccccc2S(N)(=O)=O)cc1. The number of nitrogens with two attached hydrogens (primary N) is 2. The molecule has 0 radical (unpaired) electrons. The third-order valence-corrected chi connectivity index (χ3v) is 3.86. The van der Waals surface area contributed by atoms with Crippen molar-refractivity contribution in [1.82, 2.24) is 0 Å². The molecule has 0 aliphatic heterocycles. The van der Waals surface area contributed by atoms with Crippen LogP contribution >= 0.6 is 0 Å². The lowest BCUT2D eigenvalue weighted by Crippen LogP contribution is -2.13. The van der Waals surface area contributed by atoms with E-state index >= 15 is 0 Å². The Bertz CT molecular complexity index is 664. The number of hydrogen-bond donors (Lipinski definition) is 2. The van der Waals surface area contributed by atoms with Crippen molar-refractivity contribution in [2.45, 2.75) is 11.3 Å². The Labute approximate surface area is 113 Å². The molecule has 0 saturated carbocycles. The van der Waals surface area contributed by atoms with E-state index in [2.05, 4.69) is 0 Å². The van der Waals surface area contributed by atoms with Gasteiger partial charge in [-0.2, -0.15) is 0 Å². The summed E-state index contributed by atoms with van der Waals surface area (Å²) in [6.07, 6.45) is 0.803. The van der Waals surface area contributed by atoms with Crippen LogP contribution in [-0.4, -0.2) is 15.0 Å². The van der Waals surface area contributed by atoms with Crippen molar-refractivity contribution >= 4 is 10.0 Å². The van der Waals surface area contributed by atoms with E-state index in [1.165, 1.54) is 6.07 Å². The van der Waals surface area contributed by atoms with Crippen LogP contribution in [0.4, 0.5) is 0 Å². The summed E-state index contributed by atoms with van der Waals surface area (Å²) in [5.41, 5.74) is 8.06. The van der Waals surface area contributed by atoms with Crippen LogP contribution in [0.25, 0.3) is 11.1 Å². The second-order valence-electron chi connectivity index (χ2n) is 4.28. The van der Waals surface area contributed by atoms with Gasteiger partial charge in [-0.1, -0.05) is 42.5 Å². The highest BCUT2D eigenvalue weighted by molar-refractivity contribution is 7.89. The molecule has 2 rings (SSSR count). The monoisotopic (exact) mass is 276 g/mol. The van der Waals surface area contributed by atoms with Crippen molar-refractivity contribution in [2.24, 2.45) is 10.9 Å².